The molecule has 1 aliphatic carbocycles. The summed E-state index contributed by atoms with van der Waals surface area (Å²) in [5.74, 6) is 0.927. The fourth-order valence-corrected chi connectivity index (χ4v) is 3.25. The summed E-state index contributed by atoms with van der Waals surface area (Å²) in [7, 11) is 0. The minimum absolute atomic E-state index is 0.162. The number of hydrogen-bond acceptors (Lipinski definition) is 2. The molecule has 2 nitrogen and oxygen atoms in total. The Labute approximate surface area is 112 Å². The van der Waals surface area contributed by atoms with Crippen molar-refractivity contribution in [2.75, 3.05) is 0 Å². The molecular weight excluding hydrogens is 278 g/mol. The Morgan fingerprint density at radius 3 is 2.53 bits per heavy atom. The fourth-order valence-electron chi connectivity index (χ4n) is 2.87. The lowest BCUT2D eigenvalue weighted by Gasteiger charge is -2.53. The van der Waals surface area contributed by atoms with Gasteiger partial charge in [-0.25, -0.2) is 0 Å². The first-order valence-corrected chi connectivity index (χ1v) is 7.10. The SMILES string of the molecule is CCC1(CC)C(N)CC1Oc1ccccc1Br. The number of nitrogens with two attached hydrogens (primary N) is 1. The molecule has 17 heavy (non-hydrogen) atoms. The first kappa shape index (κ1) is 12.9. The van der Waals surface area contributed by atoms with E-state index in [1.165, 1.54) is 0 Å². The standard InChI is InChI=1S/C14H20BrNO/c1-3-14(4-2)12(16)9-13(14)17-11-8-6-5-7-10(11)15/h5-8,12-13H,3-4,9,16H2,1-2H3. The van der Waals surface area contributed by atoms with Gasteiger partial charge in [0.2, 0.25) is 0 Å². The summed E-state index contributed by atoms with van der Waals surface area (Å²) in [5.41, 5.74) is 6.33. The fraction of sp³-hybridized carbons (Fsp3) is 0.571. The minimum atomic E-state index is 0.162. The summed E-state index contributed by atoms with van der Waals surface area (Å²) in [4.78, 5) is 0. The summed E-state index contributed by atoms with van der Waals surface area (Å²) in [6.07, 6.45) is 3.38. The van der Waals surface area contributed by atoms with Crippen LogP contribution >= 0.6 is 15.9 Å². The van der Waals surface area contributed by atoms with E-state index < -0.39 is 0 Å². The molecule has 2 rings (SSSR count). The molecule has 1 aromatic rings. The van der Waals surface area contributed by atoms with Gasteiger partial charge in [0.15, 0.2) is 0 Å². The van der Waals surface area contributed by atoms with E-state index >= 15 is 0 Å². The van der Waals surface area contributed by atoms with Gasteiger partial charge in [-0.2, -0.15) is 0 Å². The monoisotopic (exact) mass is 297 g/mol. The van der Waals surface area contributed by atoms with Gasteiger partial charge in [0.1, 0.15) is 11.9 Å². The first-order valence-electron chi connectivity index (χ1n) is 6.30. The largest absolute Gasteiger partial charge is 0.489 e. The van der Waals surface area contributed by atoms with Crippen LogP contribution in [0.2, 0.25) is 0 Å². The van der Waals surface area contributed by atoms with E-state index in [-0.39, 0.29) is 17.6 Å². The summed E-state index contributed by atoms with van der Waals surface area (Å²) in [6.45, 7) is 4.41. The van der Waals surface area contributed by atoms with Crippen LogP contribution < -0.4 is 10.5 Å². The molecule has 94 valence electrons. The second-order valence-corrected chi connectivity index (χ2v) is 5.67. The van der Waals surface area contributed by atoms with Crippen LogP contribution in [0.15, 0.2) is 28.7 Å². The molecule has 0 aliphatic heterocycles. The third kappa shape index (κ3) is 2.11. The van der Waals surface area contributed by atoms with E-state index in [1.54, 1.807) is 0 Å². The Kier molecular flexibility index (Phi) is 3.79. The molecule has 0 amide bonds. The maximum Gasteiger partial charge on any atom is 0.133 e. The molecule has 0 bridgehead atoms. The molecule has 1 aromatic carbocycles. The van der Waals surface area contributed by atoms with Gasteiger partial charge in [-0.15, -0.1) is 0 Å². The zero-order chi connectivity index (χ0) is 12.5. The van der Waals surface area contributed by atoms with Crippen LogP contribution in [0.4, 0.5) is 0 Å². The average Bonchev–Trinajstić information content (AvgIpc) is 2.33. The summed E-state index contributed by atoms with van der Waals surface area (Å²) in [5, 5.41) is 0. The van der Waals surface area contributed by atoms with Crippen LogP contribution in [0, 0.1) is 5.41 Å². The third-order valence-corrected chi connectivity index (χ3v) is 4.93. The van der Waals surface area contributed by atoms with E-state index in [9.17, 15) is 0 Å². The molecule has 0 saturated heterocycles. The van der Waals surface area contributed by atoms with Crippen molar-refractivity contribution in [1.29, 1.82) is 0 Å². The van der Waals surface area contributed by atoms with Crippen LogP contribution in [-0.4, -0.2) is 12.1 Å². The average molecular weight is 298 g/mol. The predicted molar refractivity (Wildman–Crippen MR) is 74.2 cm³/mol. The van der Waals surface area contributed by atoms with Crippen molar-refractivity contribution in [1.82, 2.24) is 0 Å². The summed E-state index contributed by atoms with van der Waals surface area (Å²) >= 11 is 3.52. The molecule has 2 N–H and O–H groups in total. The second-order valence-electron chi connectivity index (χ2n) is 4.82. The maximum absolute atomic E-state index is 6.17. The Hall–Kier alpha value is -0.540. The Morgan fingerprint density at radius 2 is 2.00 bits per heavy atom. The van der Waals surface area contributed by atoms with Crippen LogP contribution in [0.1, 0.15) is 33.1 Å². The van der Waals surface area contributed by atoms with Gasteiger partial charge in [-0.1, -0.05) is 26.0 Å². The number of halogens is 1. The number of hydrogen-bond donors (Lipinski definition) is 1. The summed E-state index contributed by atoms with van der Waals surface area (Å²) in [6, 6.07) is 8.29. The smallest absolute Gasteiger partial charge is 0.133 e. The zero-order valence-corrected chi connectivity index (χ0v) is 12.0. The third-order valence-electron chi connectivity index (χ3n) is 4.27. The van der Waals surface area contributed by atoms with Gasteiger partial charge < -0.3 is 10.5 Å². The number of benzene rings is 1. The molecule has 1 fully saturated rings. The van der Waals surface area contributed by atoms with Crippen LogP contribution in [0.5, 0.6) is 5.75 Å². The Bertz CT molecular complexity index is 390. The Balaban J connectivity index is 2.13. The van der Waals surface area contributed by atoms with E-state index in [0.717, 1.165) is 29.5 Å². The van der Waals surface area contributed by atoms with Crippen molar-refractivity contribution in [2.24, 2.45) is 11.1 Å². The normalized spacial score (nSPS) is 26.4. The highest BCUT2D eigenvalue weighted by molar-refractivity contribution is 9.10. The van der Waals surface area contributed by atoms with Gasteiger partial charge in [0.25, 0.3) is 0 Å². The number of para-hydroxylation sites is 1. The van der Waals surface area contributed by atoms with Crippen molar-refractivity contribution in [3.63, 3.8) is 0 Å². The van der Waals surface area contributed by atoms with Gasteiger partial charge in [-0.3, -0.25) is 0 Å². The molecule has 2 atom stereocenters. The predicted octanol–water partition coefficient (Wildman–Crippen LogP) is 3.73. The molecular formula is C14H20BrNO. The van der Waals surface area contributed by atoms with Gasteiger partial charge in [0, 0.05) is 17.9 Å². The van der Waals surface area contributed by atoms with Crippen molar-refractivity contribution in [3.8, 4) is 5.75 Å². The van der Waals surface area contributed by atoms with Crippen LogP contribution in [-0.2, 0) is 0 Å². The lowest BCUT2D eigenvalue weighted by molar-refractivity contribution is -0.0725. The Morgan fingerprint density at radius 1 is 1.35 bits per heavy atom. The first-order chi connectivity index (χ1) is 8.14. The molecule has 1 saturated carbocycles. The van der Waals surface area contributed by atoms with Crippen molar-refractivity contribution in [2.45, 2.75) is 45.3 Å². The second kappa shape index (κ2) is 4.99. The quantitative estimate of drug-likeness (QED) is 0.919. The van der Waals surface area contributed by atoms with Crippen LogP contribution in [0.25, 0.3) is 0 Å². The van der Waals surface area contributed by atoms with E-state index in [2.05, 4.69) is 29.8 Å². The molecule has 2 unspecified atom stereocenters. The highest BCUT2D eigenvalue weighted by Gasteiger charge is 2.52. The lowest BCUT2D eigenvalue weighted by atomic mass is 9.59. The van der Waals surface area contributed by atoms with E-state index in [1.807, 2.05) is 24.3 Å². The molecule has 0 heterocycles. The van der Waals surface area contributed by atoms with Crippen molar-refractivity contribution >= 4 is 15.9 Å². The number of rotatable bonds is 4. The molecule has 3 heteroatoms. The molecule has 0 radical (unpaired) electrons. The topological polar surface area (TPSA) is 35.2 Å². The lowest BCUT2D eigenvalue weighted by Crippen LogP contribution is -2.62. The van der Waals surface area contributed by atoms with Gasteiger partial charge in [-0.05, 0) is 40.9 Å². The zero-order valence-electron chi connectivity index (χ0n) is 10.4. The van der Waals surface area contributed by atoms with E-state index in [4.69, 9.17) is 10.5 Å². The highest BCUT2D eigenvalue weighted by Crippen LogP contribution is 2.48. The highest BCUT2D eigenvalue weighted by atomic mass is 79.9. The summed E-state index contributed by atoms with van der Waals surface area (Å²) < 4.78 is 7.14. The molecule has 0 aromatic heterocycles. The molecule has 1 aliphatic rings. The van der Waals surface area contributed by atoms with Crippen molar-refractivity contribution < 1.29 is 4.74 Å². The maximum atomic E-state index is 6.17. The van der Waals surface area contributed by atoms with Crippen LogP contribution in [0.3, 0.4) is 0 Å². The van der Waals surface area contributed by atoms with Crippen molar-refractivity contribution in [3.05, 3.63) is 28.7 Å². The minimum Gasteiger partial charge on any atom is -0.489 e. The van der Waals surface area contributed by atoms with E-state index in [0.29, 0.717) is 0 Å². The molecule has 0 spiro atoms. The van der Waals surface area contributed by atoms with Gasteiger partial charge >= 0.3 is 0 Å². The number of ether oxygens (including phenoxy) is 1. The van der Waals surface area contributed by atoms with Gasteiger partial charge in [0.05, 0.1) is 4.47 Å².